The van der Waals surface area contributed by atoms with Crippen molar-refractivity contribution < 1.29 is 14.6 Å². The molecule has 0 amide bonds. The van der Waals surface area contributed by atoms with Crippen LogP contribution in [0.4, 0.5) is 0 Å². The van der Waals surface area contributed by atoms with Gasteiger partial charge in [-0.1, -0.05) is 32.2 Å². The number of carbonyl (C=O) groups is 1. The van der Waals surface area contributed by atoms with E-state index in [1.165, 1.54) is 6.20 Å². The lowest BCUT2D eigenvalue weighted by molar-refractivity contribution is -0.153. The molecular formula is C20H37N3O3. The maximum Gasteiger partial charge on any atom is 0.169 e. The van der Waals surface area contributed by atoms with Gasteiger partial charge in [-0.15, -0.1) is 5.11 Å². The first-order valence-electron chi connectivity index (χ1n) is 8.94. The van der Waals surface area contributed by atoms with Gasteiger partial charge in [-0.25, -0.2) is 5.01 Å². The molecule has 0 radical (unpaired) electrons. The molecule has 0 saturated heterocycles. The van der Waals surface area contributed by atoms with Crippen LogP contribution in [-0.4, -0.2) is 39.2 Å². The van der Waals surface area contributed by atoms with Crippen molar-refractivity contribution in [2.75, 3.05) is 6.61 Å². The third-order valence-corrected chi connectivity index (χ3v) is 4.24. The van der Waals surface area contributed by atoms with Crippen LogP contribution in [0, 0.1) is 5.41 Å². The van der Waals surface area contributed by atoms with Crippen LogP contribution in [0.3, 0.4) is 0 Å². The second-order valence-corrected chi connectivity index (χ2v) is 9.04. The molecule has 0 unspecified atom stereocenters. The van der Waals surface area contributed by atoms with Crippen LogP contribution in [0.15, 0.2) is 35.9 Å². The summed E-state index contributed by atoms with van der Waals surface area (Å²) in [5, 5.41) is 19.3. The minimum atomic E-state index is -0.952. The highest BCUT2D eigenvalue weighted by atomic mass is 16.5. The Bertz CT molecular complexity index is 529. The van der Waals surface area contributed by atoms with E-state index in [9.17, 15) is 9.90 Å². The SMILES string of the molecule is C=CN=NN(C=C)C(C)(C)CC(C)(C)C(=O)C(C)(C)OCCC(C)(C)O. The standard InChI is InChI=1S/C20H37N3O3/c1-11-21-22-23(12-2)18(5,6)15-17(3,4)16(24)20(9,10)26-14-13-19(7,8)25/h11-12,25H,1-2,13-15H2,3-10H3. The monoisotopic (exact) mass is 367 g/mol. The van der Waals surface area contributed by atoms with E-state index in [0.717, 1.165) is 0 Å². The number of hydrogen-bond acceptors (Lipinski definition) is 5. The second kappa shape index (κ2) is 8.91. The van der Waals surface area contributed by atoms with E-state index in [2.05, 4.69) is 23.5 Å². The van der Waals surface area contributed by atoms with Gasteiger partial charge in [0, 0.05) is 17.8 Å². The summed E-state index contributed by atoms with van der Waals surface area (Å²) in [7, 11) is 0. The maximum absolute atomic E-state index is 13.1. The van der Waals surface area contributed by atoms with E-state index >= 15 is 0 Å². The normalized spacial score (nSPS) is 13.7. The number of rotatable bonds is 12. The Morgan fingerprint density at radius 3 is 2.08 bits per heavy atom. The third kappa shape index (κ3) is 7.79. The molecule has 0 aromatic carbocycles. The number of hydrogen-bond donors (Lipinski definition) is 1. The predicted molar refractivity (Wildman–Crippen MR) is 106 cm³/mol. The summed E-state index contributed by atoms with van der Waals surface area (Å²) < 4.78 is 5.82. The van der Waals surface area contributed by atoms with Gasteiger partial charge in [0.2, 0.25) is 0 Å². The smallest absolute Gasteiger partial charge is 0.169 e. The highest BCUT2D eigenvalue weighted by Crippen LogP contribution is 2.37. The molecule has 6 heteroatoms. The molecule has 0 atom stereocenters. The maximum atomic E-state index is 13.1. The summed E-state index contributed by atoms with van der Waals surface area (Å²) in [6.07, 6.45) is 3.92. The molecular weight excluding hydrogens is 330 g/mol. The Hall–Kier alpha value is -1.53. The Kier molecular flexibility index (Phi) is 8.39. The van der Waals surface area contributed by atoms with Crippen LogP contribution in [0.25, 0.3) is 0 Å². The third-order valence-electron chi connectivity index (χ3n) is 4.24. The molecule has 150 valence electrons. The van der Waals surface area contributed by atoms with Crippen LogP contribution >= 0.6 is 0 Å². The molecule has 0 rings (SSSR count). The Morgan fingerprint density at radius 2 is 1.65 bits per heavy atom. The molecule has 1 N–H and O–H groups in total. The molecule has 26 heavy (non-hydrogen) atoms. The largest absolute Gasteiger partial charge is 0.390 e. The average Bonchev–Trinajstić information content (AvgIpc) is 2.44. The Labute approximate surface area is 159 Å². The summed E-state index contributed by atoms with van der Waals surface area (Å²) in [5.41, 5.74) is -2.91. The van der Waals surface area contributed by atoms with Crippen molar-refractivity contribution in [1.82, 2.24) is 5.01 Å². The van der Waals surface area contributed by atoms with Gasteiger partial charge in [0.05, 0.1) is 17.7 Å². The van der Waals surface area contributed by atoms with Crippen molar-refractivity contribution in [2.45, 2.75) is 85.0 Å². The van der Waals surface area contributed by atoms with Gasteiger partial charge >= 0.3 is 0 Å². The fourth-order valence-corrected chi connectivity index (χ4v) is 3.18. The lowest BCUT2D eigenvalue weighted by Crippen LogP contribution is -2.49. The minimum Gasteiger partial charge on any atom is -0.390 e. The molecule has 0 bridgehead atoms. The molecule has 0 heterocycles. The quantitative estimate of drug-likeness (QED) is 0.402. The number of carbonyl (C=O) groups excluding carboxylic acids is 1. The van der Waals surface area contributed by atoms with Gasteiger partial charge in [0.15, 0.2) is 5.78 Å². The van der Waals surface area contributed by atoms with Crippen molar-refractivity contribution in [3.05, 3.63) is 25.6 Å². The summed E-state index contributed by atoms with van der Waals surface area (Å²) in [5.74, 6) is -0.00140. The molecule has 0 aliphatic carbocycles. The molecule has 6 nitrogen and oxygen atoms in total. The zero-order valence-corrected chi connectivity index (χ0v) is 17.8. The number of Topliss-reactive ketones (excluding diaryl/α,β-unsaturated/α-hetero) is 1. The molecule has 0 spiro atoms. The van der Waals surface area contributed by atoms with Gasteiger partial charge in [0.1, 0.15) is 5.60 Å². The van der Waals surface area contributed by atoms with Gasteiger partial charge in [0.25, 0.3) is 0 Å². The first kappa shape index (κ1) is 24.5. The topological polar surface area (TPSA) is 74.5 Å². The first-order chi connectivity index (χ1) is 11.6. The number of nitrogens with zero attached hydrogens (tertiary/aromatic N) is 3. The van der Waals surface area contributed by atoms with Crippen molar-refractivity contribution >= 4 is 5.78 Å². The summed E-state index contributed by atoms with van der Waals surface area (Å²) in [6, 6.07) is 0. The van der Waals surface area contributed by atoms with Gasteiger partial charge in [-0.3, -0.25) is 4.79 Å². The molecule has 0 aliphatic heterocycles. The highest BCUT2D eigenvalue weighted by Gasteiger charge is 2.44. The van der Waals surface area contributed by atoms with E-state index in [0.29, 0.717) is 19.4 Å². The van der Waals surface area contributed by atoms with E-state index in [-0.39, 0.29) is 5.78 Å². The van der Waals surface area contributed by atoms with Crippen molar-refractivity contribution in [2.24, 2.45) is 15.8 Å². The molecule has 0 aromatic rings. The lowest BCUT2D eigenvalue weighted by Gasteiger charge is -2.41. The van der Waals surface area contributed by atoms with E-state index in [1.807, 2.05) is 27.7 Å². The molecule has 0 saturated carbocycles. The van der Waals surface area contributed by atoms with Crippen LogP contribution < -0.4 is 0 Å². The molecule has 0 aromatic heterocycles. The summed E-state index contributed by atoms with van der Waals surface area (Å²) in [6.45, 7) is 22.4. The minimum absolute atomic E-state index is 0.00140. The van der Waals surface area contributed by atoms with Gasteiger partial charge in [-0.05, 0) is 54.4 Å². The zero-order chi connectivity index (χ0) is 20.8. The average molecular weight is 368 g/mol. The Morgan fingerprint density at radius 1 is 1.12 bits per heavy atom. The molecule has 0 fully saturated rings. The van der Waals surface area contributed by atoms with Crippen LogP contribution in [0.2, 0.25) is 0 Å². The Balaban J connectivity index is 5.21. The fourth-order valence-electron chi connectivity index (χ4n) is 3.18. The zero-order valence-electron chi connectivity index (χ0n) is 17.8. The van der Waals surface area contributed by atoms with E-state index in [1.54, 1.807) is 38.9 Å². The van der Waals surface area contributed by atoms with Crippen LogP contribution in [-0.2, 0) is 9.53 Å². The highest BCUT2D eigenvalue weighted by molar-refractivity contribution is 5.91. The van der Waals surface area contributed by atoms with Gasteiger partial charge < -0.3 is 9.84 Å². The number of ketones is 1. The van der Waals surface area contributed by atoms with Crippen LogP contribution in [0.5, 0.6) is 0 Å². The van der Waals surface area contributed by atoms with Gasteiger partial charge in [-0.2, -0.15) is 0 Å². The van der Waals surface area contributed by atoms with Crippen molar-refractivity contribution in [3.63, 3.8) is 0 Å². The van der Waals surface area contributed by atoms with E-state index < -0.39 is 22.2 Å². The van der Waals surface area contributed by atoms with Crippen LogP contribution in [0.1, 0.15) is 68.2 Å². The second-order valence-electron chi connectivity index (χ2n) is 9.04. The fraction of sp³-hybridized carbons (Fsp3) is 0.750. The number of aliphatic hydroxyl groups is 1. The predicted octanol–water partition coefficient (Wildman–Crippen LogP) is 4.66. The summed E-state index contributed by atoms with van der Waals surface area (Å²) in [4.78, 5) is 13.1. The van der Waals surface area contributed by atoms with Crippen molar-refractivity contribution in [3.8, 4) is 0 Å². The van der Waals surface area contributed by atoms with E-state index in [4.69, 9.17) is 4.74 Å². The number of ether oxygens (including phenoxy) is 1. The lowest BCUT2D eigenvalue weighted by atomic mass is 9.72. The molecule has 0 aliphatic rings. The van der Waals surface area contributed by atoms with Crippen molar-refractivity contribution in [1.29, 1.82) is 0 Å². The summed E-state index contributed by atoms with van der Waals surface area (Å²) >= 11 is 0. The first-order valence-corrected chi connectivity index (χ1v) is 8.94.